The molecular weight excluding hydrogens is 510 g/mol. The smallest absolute Gasteiger partial charge is 0.328 e. The number of halogens is 1. The van der Waals surface area contributed by atoms with Gasteiger partial charge in [-0.25, -0.2) is 9.59 Å². The third-order valence-electron chi connectivity index (χ3n) is 4.97. The molecule has 0 fully saturated rings. The van der Waals surface area contributed by atoms with E-state index in [-0.39, 0.29) is 28.4 Å². The summed E-state index contributed by atoms with van der Waals surface area (Å²) in [4.78, 5) is 75.5. The number of H-pyrrole nitrogens is 2. The van der Waals surface area contributed by atoms with Crippen molar-refractivity contribution in [2.75, 3.05) is 6.54 Å². The fourth-order valence-corrected chi connectivity index (χ4v) is 3.36. The lowest BCUT2D eigenvalue weighted by atomic mass is 10.1. The normalized spacial score (nSPS) is 11.3. The molecule has 1 atom stereocenters. The SMILES string of the molecule is O=C(NCc1cccc(O)c1)c1ccc(C(=O)N[C@@H](CNC(=O)c2c[nH]c(=O)[nH]c2=O)C(=O)O)c(Cl)c1. The summed E-state index contributed by atoms with van der Waals surface area (Å²) >= 11 is 6.15. The van der Waals surface area contributed by atoms with Gasteiger partial charge < -0.3 is 31.1 Å². The second-order valence-electron chi connectivity index (χ2n) is 7.61. The number of aromatic hydroxyl groups is 1. The second kappa shape index (κ2) is 11.7. The molecule has 1 heterocycles. The zero-order valence-corrected chi connectivity index (χ0v) is 19.6. The number of benzene rings is 2. The van der Waals surface area contributed by atoms with Gasteiger partial charge in [0.15, 0.2) is 0 Å². The molecule has 13 nitrogen and oxygen atoms in total. The number of aromatic amines is 2. The van der Waals surface area contributed by atoms with Crippen LogP contribution in [0.1, 0.15) is 36.6 Å². The summed E-state index contributed by atoms with van der Waals surface area (Å²) in [5.41, 5.74) is -1.59. The van der Waals surface area contributed by atoms with E-state index in [2.05, 4.69) is 20.9 Å². The number of phenolic OH excluding ortho intramolecular Hbond substituents is 1. The first-order chi connectivity index (χ1) is 17.5. The fourth-order valence-electron chi connectivity index (χ4n) is 3.10. The highest BCUT2D eigenvalue weighted by Crippen LogP contribution is 2.18. The van der Waals surface area contributed by atoms with Crippen molar-refractivity contribution in [3.8, 4) is 5.75 Å². The van der Waals surface area contributed by atoms with E-state index < -0.39 is 53.1 Å². The molecule has 0 radical (unpaired) electrons. The lowest BCUT2D eigenvalue weighted by molar-refractivity contribution is -0.139. The molecule has 3 rings (SSSR count). The van der Waals surface area contributed by atoms with Crippen molar-refractivity contribution in [2.24, 2.45) is 0 Å². The van der Waals surface area contributed by atoms with E-state index in [0.717, 1.165) is 6.20 Å². The minimum absolute atomic E-state index is 0.0504. The van der Waals surface area contributed by atoms with Gasteiger partial charge in [-0.3, -0.25) is 24.2 Å². The van der Waals surface area contributed by atoms with Crippen molar-refractivity contribution in [2.45, 2.75) is 12.6 Å². The molecule has 0 aliphatic carbocycles. The average Bonchev–Trinajstić information content (AvgIpc) is 2.84. The van der Waals surface area contributed by atoms with Crippen molar-refractivity contribution in [1.82, 2.24) is 25.9 Å². The number of amides is 3. The number of carboxylic acid groups (broad SMARTS) is 1. The van der Waals surface area contributed by atoms with Crippen LogP contribution in [0.15, 0.2) is 58.3 Å². The van der Waals surface area contributed by atoms with Crippen LogP contribution in [0.5, 0.6) is 5.75 Å². The van der Waals surface area contributed by atoms with E-state index in [9.17, 15) is 39.0 Å². The van der Waals surface area contributed by atoms with Gasteiger partial charge in [-0.15, -0.1) is 0 Å². The Labute approximate surface area is 212 Å². The molecule has 14 heteroatoms. The van der Waals surface area contributed by atoms with E-state index in [1.165, 1.54) is 30.3 Å². The first-order valence-corrected chi connectivity index (χ1v) is 10.9. The van der Waals surface area contributed by atoms with Crippen LogP contribution in [0.4, 0.5) is 0 Å². The maximum absolute atomic E-state index is 12.6. The Bertz CT molecular complexity index is 1480. The van der Waals surface area contributed by atoms with Crippen LogP contribution in [0.2, 0.25) is 5.02 Å². The van der Waals surface area contributed by atoms with Crippen LogP contribution >= 0.6 is 11.6 Å². The first-order valence-electron chi connectivity index (χ1n) is 10.5. The molecule has 3 amide bonds. The molecule has 1 aromatic heterocycles. The number of carboxylic acids is 1. The minimum Gasteiger partial charge on any atom is -0.508 e. The Morgan fingerprint density at radius 3 is 2.35 bits per heavy atom. The van der Waals surface area contributed by atoms with Gasteiger partial charge in [-0.05, 0) is 35.9 Å². The highest BCUT2D eigenvalue weighted by atomic mass is 35.5. The number of hydrogen-bond acceptors (Lipinski definition) is 7. The first kappa shape index (κ1) is 26.7. The number of carbonyl (C=O) groups is 4. The average molecular weight is 530 g/mol. The Kier molecular flexibility index (Phi) is 8.43. The van der Waals surface area contributed by atoms with Gasteiger partial charge in [0.2, 0.25) is 0 Å². The molecular formula is C23H20ClN5O8. The van der Waals surface area contributed by atoms with Gasteiger partial charge in [0.1, 0.15) is 17.4 Å². The molecule has 2 aromatic carbocycles. The zero-order valence-electron chi connectivity index (χ0n) is 18.8. The number of aromatic nitrogens is 2. The molecule has 0 saturated carbocycles. The summed E-state index contributed by atoms with van der Waals surface area (Å²) in [5, 5.41) is 25.8. The van der Waals surface area contributed by atoms with E-state index in [1.807, 2.05) is 4.98 Å². The van der Waals surface area contributed by atoms with Crippen LogP contribution in [0, 0.1) is 0 Å². The van der Waals surface area contributed by atoms with Gasteiger partial charge in [0.05, 0.1) is 10.6 Å². The van der Waals surface area contributed by atoms with E-state index in [1.54, 1.807) is 12.1 Å². The summed E-state index contributed by atoms with van der Waals surface area (Å²) in [5.74, 6) is -3.80. The van der Waals surface area contributed by atoms with Gasteiger partial charge in [-0.1, -0.05) is 23.7 Å². The predicted octanol–water partition coefficient (Wildman–Crippen LogP) is -0.0348. The van der Waals surface area contributed by atoms with Crippen LogP contribution < -0.4 is 27.2 Å². The molecule has 0 spiro atoms. The summed E-state index contributed by atoms with van der Waals surface area (Å²) in [6, 6.07) is 8.50. The zero-order chi connectivity index (χ0) is 27.1. The van der Waals surface area contributed by atoms with Crippen LogP contribution in [-0.4, -0.2) is 56.5 Å². The Hall–Kier alpha value is -4.91. The van der Waals surface area contributed by atoms with Crippen molar-refractivity contribution in [3.05, 3.63) is 96.8 Å². The van der Waals surface area contributed by atoms with Gasteiger partial charge in [0, 0.05) is 24.8 Å². The quantitative estimate of drug-likeness (QED) is 0.199. The van der Waals surface area contributed by atoms with Crippen LogP contribution in [0.3, 0.4) is 0 Å². The monoisotopic (exact) mass is 529 g/mol. The lowest BCUT2D eigenvalue weighted by Crippen LogP contribution is -2.49. The molecule has 37 heavy (non-hydrogen) atoms. The molecule has 7 N–H and O–H groups in total. The van der Waals surface area contributed by atoms with Crippen LogP contribution in [0.25, 0.3) is 0 Å². The number of rotatable bonds is 9. The number of phenols is 1. The number of hydrogen-bond donors (Lipinski definition) is 7. The summed E-state index contributed by atoms with van der Waals surface area (Å²) < 4.78 is 0. The highest BCUT2D eigenvalue weighted by Gasteiger charge is 2.24. The topological polar surface area (TPSA) is 211 Å². The molecule has 3 aromatic rings. The second-order valence-corrected chi connectivity index (χ2v) is 8.01. The Morgan fingerprint density at radius 1 is 0.946 bits per heavy atom. The van der Waals surface area contributed by atoms with Crippen LogP contribution in [-0.2, 0) is 11.3 Å². The molecule has 0 aliphatic rings. The number of aliphatic carboxylic acids is 1. The number of nitrogens with one attached hydrogen (secondary N) is 5. The molecule has 192 valence electrons. The Morgan fingerprint density at radius 2 is 1.70 bits per heavy atom. The van der Waals surface area contributed by atoms with Crippen molar-refractivity contribution < 1.29 is 29.4 Å². The molecule has 0 aliphatic heterocycles. The van der Waals surface area contributed by atoms with Crippen molar-refractivity contribution >= 4 is 35.3 Å². The molecule has 0 saturated heterocycles. The number of carbonyl (C=O) groups excluding carboxylic acids is 3. The maximum Gasteiger partial charge on any atom is 0.328 e. The van der Waals surface area contributed by atoms with Gasteiger partial charge in [0.25, 0.3) is 23.3 Å². The lowest BCUT2D eigenvalue weighted by Gasteiger charge is -2.16. The maximum atomic E-state index is 12.6. The minimum atomic E-state index is -1.60. The predicted molar refractivity (Wildman–Crippen MR) is 130 cm³/mol. The van der Waals surface area contributed by atoms with Crippen molar-refractivity contribution in [3.63, 3.8) is 0 Å². The standard InChI is InChI=1S/C23H20ClN5O8/c24-16-7-12(18(31)25-8-11-2-1-3-13(30)6-11)4-5-14(16)20(33)28-17(22(35)36)10-26-19(32)15-9-27-23(37)29-21(15)34/h1-7,9,17,30H,8,10H2,(H,25,31)(H,26,32)(H,28,33)(H,35,36)(H2,27,29,34,37)/t17-/m0/s1. The van der Waals surface area contributed by atoms with Gasteiger partial charge >= 0.3 is 11.7 Å². The summed E-state index contributed by atoms with van der Waals surface area (Å²) in [6.45, 7) is -0.463. The largest absolute Gasteiger partial charge is 0.508 e. The third kappa shape index (κ3) is 7.05. The van der Waals surface area contributed by atoms with E-state index in [4.69, 9.17) is 11.6 Å². The van der Waals surface area contributed by atoms with E-state index in [0.29, 0.717) is 5.56 Å². The van der Waals surface area contributed by atoms with Crippen molar-refractivity contribution in [1.29, 1.82) is 0 Å². The highest BCUT2D eigenvalue weighted by molar-refractivity contribution is 6.34. The molecule has 0 bridgehead atoms. The van der Waals surface area contributed by atoms with Gasteiger partial charge in [-0.2, -0.15) is 0 Å². The Balaban J connectivity index is 1.63. The summed E-state index contributed by atoms with van der Waals surface area (Å²) in [6.07, 6.45) is 0.867. The fraction of sp³-hybridized carbons (Fsp3) is 0.130. The summed E-state index contributed by atoms with van der Waals surface area (Å²) in [7, 11) is 0. The third-order valence-corrected chi connectivity index (χ3v) is 5.29. The molecule has 0 unspecified atom stereocenters. The van der Waals surface area contributed by atoms with E-state index >= 15 is 0 Å².